The Morgan fingerprint density at radius 3 is 2.92 bits per heavy atom. The molecule has 0 aliphatic heterocycles. The number of aromatic nitrogens is 2. The van der Waals surface area contributed by atoms with Gasteiger partial charge < -0.3 is 9.73 Å². The van der Waals surface area contributed by atoms with E-state index in [1.807, 2.05) is 29.6 Å². The Balaban J connectivity index is 1.56. The minimum absolute atomic E-state index is 0.258. The van der Waals surface area contributed by atoms with Crippen LogP contribution in [0.2, 0.25) is 0 Å². The molecule has 5 nitrogen and oxygen atoms in total. The van der Waals surface area contributed by atoms with Gasteiger partial charge in [0.05, 0.1) is 17.2 Å². The number of carbonyl (C=O) groups is 1. The smallest absolute Gasteiger partial charge is 0.292 e. The van der Waals surface area contributed by atoms with E-state index < -0.39 is 0 Å². The number of thiophene rings is 1. The molecule has 0 aliphatic rings. The first kappa shape index (κ1) is 16.6. The number of anilines is 1. The molecule has 0 bridgehead atoms. The Bertz CT molecular complexity index is 1070. The lowest BCUT2D eigenvalue weighted by molar-refractivity contribution is 0.0997. The lowest BCUT2D eigenvalue weighted by Crippen LogP contribution is -2.15. The van der Waals surface area contributed by atoms with Gasteiger partial charge in [-0.15, -0.1) is 11.3 Å². The molecule has 0 aliphatic carbocycles. The number of amides is 1. The van der Waals surface area contributed by atoms with E-state index in [2.05, 4.69) is 42.3 Å². The molecule has 0 saturated carbocycles. The Morgan fingerprint density at radius 2 is 2.16 bits per heavy atom. The van der Waals surface area contributed by atoms with Gasteiger partial charge in [-0.25, -0.2) is 4.68 Å². The van der Waals surface area contributed by atoms with E-state index in [0.29, 0.717) is 17.9 Å². The highest BCUT2D eigenvalue weighted by atomic mass is 79.9. The van der Waals surface area contributed by atoms with Crippen LogP contribution in [0.1, 0.15) is 15.4 Å². The predicted molar refractivity (Wildman–Crippen MR) is 105 cm³/mol. The summed E-state index contributed by atoms with van der Waals surface area (Å²) in [5.41, 5.74) is 0.657. The highest BCUT2D eigenvalue weighted by Crippen LogP contribution is 2.27. The van der Waals surface area contributed by atoms with Gasteiger partial charge in [-0.3, -0.25) is 4.79 Å². The molecule has 3 aromatic heterocycles. The zero-order valence-electron chi connectivity index (χ0n) is 12.7. The fourth-order valence-electron chi connectivity index (χ4n) is 2.47. The van der Waals surface area contributed by atoms with Crippen LogP contribution in [0, 0.1) is 0 Å². The highest BCUT2D eigenvalue weighted by molar-refractivity contribution is 9.11. The number of carbonyl (C=O) groups excluding carboxylic acids is 1. The van der Waals surface area contributed by atoms with Crippen LogP contribution in [-0.2, 0) is 6.54 Å². The number of fused-ring (bicyclic) bond motifs is 1. The monoisotopic (exact) mass is 479 g/mol. The van der Waals surface area contributed by atoms with Crippen molar-refractivity contribution in [3.63, 3.8) is 0 Å². The minimum atomic E-state index is -0.308. The summed E-state index contributed by atoms with van der Waals surface area (Å²) in [5.74, 6) is 0.569. The number of para-hydroxylation sites is 1. The number of hydrogen-bond donors (Lipinski definition) is 1. The molecule has 3 heterocycles. The predicted octanol–water partition coefficient (Wildman–Crippen LogP) is 5.52. The first-order valence-electron chi connectivity index (χ1n) is 7.34. The van der Waals surface area contributed by atoms with Crippen LogP contribution in [0.4, 0.5) is 5.82 Å². The molecule has 0 radical (unpaired) electrons. The van der Waals surface area contributed by atoms with E-state index in [1.165, 1.54) is 0 Å². The third-order valence-electron chi connectivity index (χ3n) is 3.61. The molecular weight excluding hydrogens is 470 g/mol. The number of halogens is 2. The molecule has 0 fully saturated rings. The molecule has 4 aromatic rings. The van der Waals surface area contributed by atoms with Gasteiger partial charge in [0.15, 0.2) is 5.76 Å². The van der Waals surface area contributed by atoms with E-state index in [1.54, 1.807) is 34.3 Å². The number of benzene rings is 1. The van der Waals surface area contributed by atoms with Crippen LogP contribution in [0.5, 0.6) is 0 Å². The Hall–Kier alpha value is -1.90. The van der Waals surface area contributed by atoms with Crippen LogP contribution < -0.4 is 5.32 Å². The van der Waals surface area contributed by atoms with Crippen molar-refractivity contribution in [1.29, 1.82) is 0 Å². The Kier molecular flexibility index (Phi) is 4.49. The van der Waals surface area contributed by atoms with E-state index >= 15 is 0 Å². The lowest BCUT2D eigenvalue weighted by Gasteiger charge is -2.06. The molecule has 0 atom stereocenters. The van der Waals surface area contributed by atoms with Gasteiger partial charge in [-0.1, -0.05) is 12.1 Å². The van der Waals surface area contributed by atoms with Crippen molar-refractivity contribution in [2.24, 2.45) is 0 Å². The molecule has 1 amide bonds. The first-order chi connectivity index (χ1) is 12.1. The summed E-state index contributed by atoms with van der Waals surface area (Å²) in [6.07, 6.45) is 1.66. The van der Waals surface area contributed by atoms with E-state index in [-0.39, 0.29) is 11.7 Å². The van der Waals surface area contributed by atoms with Gasteiger partial charge >= 0.3 is 0 Å². The fourth-order valence-corrected chi connectivity index (χ4v) is 4.36. The Morgan fingerprint density at radius 1 is 1.28 bits per heavy atom. The number of furan rings is 1. The van der Waals surface area contributed by atoms with Crippen LogP contribution in [-0.4, -0.2) is 15.7 Å². The maximum Gasteiger partial charge on any atom is 0.292 e. The molecule has 0 saturated heterocycles. The van der Waals surface area contributed by atoms with Gasteiger partial charge in [-0.2, -0.15) is 5.10 Å². The van der Waals surface area contributed by atoms with Gasteiger partial charge in [-0.05, 0) is 50.1 Å². The number of nitrogens with zero attached hydrogens (tertiary/aromatic N) is 2. The average molecular weight is 481 g/mol. The second kappa shape index (κ2) is 6.78. The summed E-state index contributed by atoms with van der Waals surface area (Å²) in [5, 5.41) is 10.0. The van der Waals surface area contributed by atoms with Crippen LogP contribution in [0.15, 0.2) is 61.3 Å². The third-order valence-corrected chi connectivity index (χ3v) is 5.91. The van der Waals surface area contributed by atoms with Crippen molar-refractivity contribution in [3.8, 4) is 0 Å². The van der Waals surface area contributed by atoms with Gasteiger partial charge in [0.1, 0.15) is 11.4 Å². The van der Waals surface area contributed by atoms with E-state index in [9.17, 15) is 4.79 Å². The fraction of sp³-hybridized carbons (Fsp3) is 0.0588. The minimum Gasteiger partial charge on any atom is -0.450 e. The van der Waals surface area contributed by atoms with E-state index in [4.69, 9.17) is 4.42 Å². The Labute approximate surface area is 163 Å². The molecule has 126 valence electrons. The molecule has 25 heavy (non-hydrogen) atoms. The van der Waals surface area contributed by atoms with Crippen molar-refractivity contribution in [2.75, 3.05) is 5.32 Å². The second-order valence-electron chi connectivity index (χ2n) is 5.33. The zero-order chi connectivity index (χ0) is 17.4. The van der Waals surface area contributed by atoms with Gasteiger partial charge in [0.25, 0.3) is 5.91 Å². The largest absolute Gasteiger partial charge is 0.450 e. The lowest BCUT2D eigenvalue weighted by atomic mass is 10.2. The van der Waals surface area contributed by atoms with Crippen molar-refractivity contribution in [2.45, 2.75) is 6.54 Å². The topological polar surface area (TPSA) is 60.1 Å². The normalized spacial score (nSPS) is 11.1. The maximum atomic E-state index is 12.5. The molecular formula is C17H11Br2N3O2S. The first-order valence-corrected chi connectivity index (χ1v) is 9.81. The van der Waals surface area contributed by atoms with Crippen molar-refractivity contribution in [1.82, 2.24) is 9.78 Å². The summed E-state index contributed by atoms with van der Waals surface area (Å²) in [6, 6.07) is 11.2. The van der Waals surface area contributed by atoms with Crippen molar-refractivity contribution < 1.29 is 9.21 Å². The van der Waals surface area contributed by atoms with Crippen LogP contribution in [0.3, 0.4) is 0 Å². The molecule has 1 N–H and O–H groups in total. The van der Waals surface area contributed by atoms with E-state index in [0.717, 1.165) is 19.2 Å². The van der Waals surface area contributed by atoms with Gasteiger partial charge in [0.2, 0.25) is 0 Å². The standard InChI is InChI=1S/C17H11Br2N3O2S/c18-11-7-12(25-9-11)8-22-15(4-5-20-22)21-17(23)14-6-10-2-1-3-13(19)16(10)24-14/h1-7,9H,8H2,(H,21,23). The van der Waals surface area contributed by atoms with Crippen molar-refractivity contribution in [3.05, 3.63) is 67.6 Å². The average Bonchev–Trinajstić information content (AvgIpc) is 3.29. The molecule has 4 rings (SSSR count). The second-order valence-corrected chi connectivity index (χ2v) is 8.09. The van der Waals surface area contributed by atoms with Crippen LogP contribution in [0.25, 0.3) is 11.0 Å². The SMILES string of the molecule is O=C(Nc1ccnn1Cc1cc(Br)cs1)c1cc2cccc(Br)c2o1. The zero-order valence-corrected chi connectivity index (χ0v) is 16.7. The summed E-state index contributed by atoms with van der Waals surface area (Å²) in [4.78, 5) is 13.7. The molecule has 0 unspecified atom stereocenters. The molecule has 1 aromatic carbocycles. The summed E-state index contributed by atoms with van der Waals surface area (Å²) in [6.45, 7) is 0.588. The molecule has 0 spiro atoms. The highest BCUT2D eigenvalue weighted by Gasteiger charge is 2.16. The quantitative estimate of drug-likeness (QED) is 0.418. The summed E-state index contributed by atoms with van der Waals surface area (Å²) < 4.78 is 9.28. The number of rotatable bonds is 4. The van der Waals surface area contributed by atoms with Crippen LogP contribution >= 0.6 is 43.2 Å². The van der Waals surface area contributed by atoms with Crippen molar-refractivity contribution >= 4 is 65.9 Å². The number of nitrogens with one attached hydrogen (secondary N) is 1. The third kappa shape index (κ3) is 3.42. The maximum absolute atomic E-state index is 12.5. The summed E-state index contributed by atoms with van der Waals surface area (Å²) >= 11 is 8.50. The van der Waals surface area contributed by atoms with Gasteiger partial charge in [0, 0.05) is 26.2 Å². The molecule has 8 heteroatoms. The summed E-state index contributed by atoms with van der Waals surface area (Å²) in [7, 11) is 0. The number of hydrogen-bond acceptors (Lipinski definition) is 4.